The van der Waals surface area contributed by atoms with Crippen molar-refractivity contribution in [3.63, 3.8) is 0 Å². The molecule has 0 aliphatic heterocycles. The molecule has 0 saturated carbocycles. The molecule has 0 heterocycles. The topological polar surface area (TPSA) is 89.6 Å². The van der Waals surface area contributed by atoms with Crippen LogP contribution in [0.2, 0.25) is 10.0 Å². The number of esters is 1. The fourth-order valence-electron chi connectivity index (χ4n) is 1.07. The van der Waals surface area contributed by atoms with Gasteiger partial charge in [-0.1, -0.05) is 23.2 Å². The maximum Gasteiger partial charge on any atom is 0.339 e. The highest BCUT2D eigenvalue weighted by molar-refractivity contribution is 6.44. The van der Waals surface area contributed by atoms with Crippen LogP contribution >= 0.6 is 23.2 Å². The first kappa shape index (κ1) is 13.6. The summed E-state index contributed by atoms with van der Waals surface area (Å²) in [6, 6.07) is 2.72. The average Bonchev–Trinajstić information content (AvgIpc) is 2.22. The number of nitrogen functional groups attached to an aromatic ring is 1. The second kappa shape index (κ2) is 5.75. The first-order chi connectivity index (χ1) is 7.91. The smallest absolute Gasteiger partial charge is 0.339 e. The summed E-state index contributed by atoms with van der Waals surface area (Å²) in [5, 5.41) is 8.55. The van der Waals surface area contributed by atoms with Crippen LogP contribution in [0.1, 0.15) is 16.8 Å². The number of carbonyl (C=O) groups excluding carboxylic acids is 1. The molecule has 1 aromatic carbocycles. The van der Waals surface area contributed by atoms with Crippen molar-refractivity contribution in [3.8, 4) is 0 Å². The van der Waals surface area contributed by atoms with Gasteiger partial charge in [0.1, 0.15) is 6.61 Å². The Kier molecular flexibility index (Phi) is 4.60. The molecule has 1 aromatic rings. The molecule has 0 amide bonds. The number of ether oxygens (including phenoxy) is 1. The van der Waals surface area contributed by atoms with Crippen LogP contribution in [0, 0.1) is 0 Å². The van der Waals surface area contributed by atoms with E-state index < -0.39 is 11.9 Å². The summed E-state index contributed by atoms with van der Waals surface area (Å²) in [6.45, 7) is -0.239. The second-order valence-corrected chi connectivity index (χ2v) is 3.93. The SMILES string of the molecule is Nc1cc(Cl)c(Cl)c(C(=O)OCCC(=O)O)c1. The van der Waals surface area contributed by atoms with Crippen LogP contribution in [0.5, 0.6) is 0 Å². The molecule has 0 aliphatic carbocycles. The summed E-state index contributed by atoms with van der Waals surface area (Å²) < 4.78 is 4.71. The van der Waals surface area contributed by atoms with Crippen LogP contribution in [0.3, 0.4) is 0 Å². The van der Waals surface area contributed by atoms with Crippen LogP contribution in [-0.2, 0) is 9.53 Å². The second-order valence-electron chi connectivity index (χ2n) is 3.14. The molecular weight excluding hydrogens is 269 g/mol. The van der Waals surface area contributed by atoms with Crippen molar-refractivity contribution < 1.29 is 19.4 Å². The molecule has 0 aromatic heterocycles. The van der Waals surface area contributed by atoms with E-state index in [1.54, 1.807) is 0 Å². The van der Waals surface area contributed by atoms with Crippen LogP contribution < -0.4 is 5.73 Å². The van der Waals surface area contributed by atoms with E-state index in [4.69, 9.17) is 38.8 Å². The number of carboxylic acid groups (broad SMARTS) is 1. The van der Waals surface area contributed by atoms with Gasteiger partial charge in [0.2, 0.25) is 0 Å². The minimum atomic E-state index is -1.06. The molecule has 0 saturated heterocycles. The molecule has 3 N–H and O–H groups in total. The average molecular weight is 278 g/mol. The molecule has 17 heavy (non-hydrogen) atoms. The van der Waals surface area contributed by atoms with E-state index in [1.807, 2.05) is 0 Å². The van der Waals surface area contributed by atoms with E-state index in [1.165, 1.54) is 12.1 Å². The number of halogens is 2. The maximum absolute atomic E-state index is 11.5. The summed E-state index contributed by atoms with van der Waals surface area (Å²) in [5.41, 5.74) is 5.78. The molecule has 0 aliphatic rings. The molecule has 0 fully saturated rings. The number of hydrogen-bond acceptors (Lipinski definition) is 4. The van der Waals surface area contributed by atoms with Gasteiger partial charge in [-0.2, -0.15) is 0 Å². The molecule has 7 heteroatoms. The van der Waals surface area contributed by atoms with Gasteiger partial charge in [0.05, 0.1) is 22.0 Å². The summed E-state index contributed by atoms with van der Waals surface area (Å²) >= 11 is 11.5. The van der Waals surface area contributed by atoms with E-state index in [0.29, 0.717) is 0 Å². The predicted octanol–water partition coefficient (Wildman–Crippen LogP) is 2.21. The normalized spacial score (nSPS) is 10.0. The zero-order valence-electron chi connectivity index (χ0n) is 8.57. The molecule has 0 bridgehead atoms. The van der Waals surface area contributed by atoms with Crippen LogP contribution in [0.4, 0.5) is 5.69 Å². The highest BCUT2D eigenvalue weighted by atomic mass is 35.5. The van der Waals surface area contributed by atoms with Crippen molar-refractivity contribution >= 4 is 40.8 Å². The van der Waals surface area contributed by atoms with Gasteiger partial charge in [-0.3, -0.25) is 4.79 Å². The van der Waals surface area contributed by atoms with Gasteiger partial charge in [0, 0.05) is 5.69 Å². The lowest BCUT2D eigenvalue weighted by atomic mass is 10.2. The number of anilines is 1. The molecule has 0 unspecified atom stereocenters. The minimum absolute atomic E-state index is 0.0158. The first-order valence-corrected chi connectivity index (χ1v) is 5.31. The monoisotopic (exact) mass is 277 g/mol. The fraction of sp³-hybridized carbons (Fsp3) is 0.200. The molecule has 0 spiro atoms. The first-order valence-electron chi connectivity index (χ1n) is 4.55. The Labute approximate surface area is 107 Å². The summed E-state index contributed by atoms with van der Waals surface area (Å²) in [7, 11) is 0. The summed E-state index contributed by atoms with van der Waals surface area (Å²) in [5.74, 6) is -1.82. The zero-order valence-corrected chi connectivity index (χ0v) is 10.1. The Bertz CT molecular complexity index is 462. The van der Waals surface area contributed by atoms with Crippen molar-refractivity contribution in [1.29, 1.82) is 0 Å². The van der Waals surface area contributed by atoms with Gasteiger partial charge in [-0.25, -0.2) is 4.79 Å². The Morgan fingerprint density at radius 3 is 2.59 bits per heavy atom. The summed E-state index contributed by atoms with van der Waals surface area (Å²) in [6.07, 6.45) is -0.278. The number of carboxylic acids is 1. The summed E-state index contributed by atoms with van der Waals surface area (Å²) in [4.78, 5) is 21.8. The Balaban J connectivity index is 2.78. The van der Waals surface area contributed by atoms with Crippen molar-refractivity contribution in [2.45, 2.75) is 6.42 Å². The van der Waals surface area contributed by atoms with E-state index in [-0.39, 0.29) is 34.3 Å². The predicted molar refractivity (Wildman–Crippen MR) is 63.4 cm³/mol. The van der Waals surface area contributed by atoms with Crippen LogP contribution in [-0.4, -0.2) is 23.7 Å². The highest BCUT2D eigenvalue weighted by Gasteiger charge is 2.15. The quantitative estimate of drug-likeness (QED) is 0.651. The third-order valence-corrected chi connectivity index (χ3v) is 2.62. The van der Waals surface area contributed by atoms with E-state index in [0.717, 1.165) is 0 Å². The number of benzene rings is 1. The molecular formula is C10H9Cl2NO4. The van der Waals surface area contributed by atoms with Gasteiger partial charge in [-0.05, 0) is 12.1 Å². The largest absolute Gasteiger partial charge is 0.481 e. The van der Waals surface area contributed by atoms with Crippen molar-refractivity contribution in [2.24, 2.45) is 0 Å². The lowest BCUT2D eigenvalue weighted by Gasteiger charge is -2.07. The van der Waals surface area contributed by atoms with Gasteiger partial charge in [-0.15, -0.1) is 0 Å². The van der Waals surface area contributed by atoms with Gasteiger partial charge < -0.3 is 15.6 Å². The van der Waals surface area contributed by atoms with Gasteiger partial charge in [0.25, 0.3) is 0 Å². The van der Waals surface area contributed by atoms with Crippen LogP contribution in [0.25, 0.3) is 0 Å². The molecule has 92 valence electrons. The number of nitrogens with two attached hydrogens (primary N) is 1. The maximum atomic E-state index is 11.5. The molecule has 0 atom stereocenters. The van der Waals surface area contributed by atoms with Gasteiger partial charge >= 0.3 is 11.9 Å². The Morgan fingerprint density at radius 2 is 2.00 bits per heavy atom. The minimum Gasteiger partial charge on any atom is -0.481 e. The lowest BCUT2D eigenvalue weighted by Crippen LogP contribution is -2.10. The van der Waals surface area contributed by atoms with E-state index in [2.05, 4.69) is 0 Å². The molecule has 1 rings (SSSR count). The van der Waals surface area contributed by atoms with Crippen molar-refractivity contribution in [2.75, 3.05) is 12.3 Å². The number of carbonyl (C=O) groups is 2. The van der Waals surface area contributed by atoms with Gasteiger partial charge in [0.15, 0.2) is 0 Å². The van der Waals surface area contributed by atoms with Crippen molar-refractivity contribution in [3.05, 3.63) is 27.7 Å². The lowest BCUT2D eigenvalue weighted by molar-refractivity contribution is -0.137. The number of rotatable bonds is 4. The van der Waals surface area contributed by atoms with Crippen molar-refractivity contribution in [1.82, 2.24) is 0 Å². The number of aliphatic carboxylic acids is 1. The van der Waals surface area contributed by atoms with E-state index in [9.17, 15) is 9.59 Å². The standard InChI is InChI=1S/C10H9Cl2NO4/c11-7-4-5(13)3-6(9(7)12)10(16)17-2-1-8(14)15/h3-4H,1-2,13H2,(H,14,15). The third-order valence-electron chi connectivity index (χ3n) is 1.82. The van der Waals surface area contributed by atoms with Crippen LogP contribution in [0.15, 0.2) is 12.1 Å². The Morgan fingerprint density at radius 1 is 1.35 bits per heavy atom. The highest BCUT2D eigenvalue weighted by Crippen LogP contribution is 2.29. The molecule has 0 radical (unpaired) electrons. The zero-order chi connectivity index (χ0) is 13.0. The molecule has 5 nitrogen and oxygen atoms in total. The number of hydrogen-bond donors (Lipinski definition) is 2. The fourth-order valence-corrected chi connectivity index (χ4v) is 1.48. The Hall–Kier alpha value is -1.46. The third kappa shape index (κ3) is 3.80. The van der Waals surface area contributed by atoms with E-state index >= 15 is 0 Å².